The molecule has 2 aromatic rings. The molecule has 0 bridgehead atoms. The third kappa shape index (κ3) is 4.82. The molecule has 0 spiro atoms. The number of carbonyl (C=O) groups is 1. The quantitative estimate of drug-likeness (QED) is 0.935. The Kier molecular flexibility index (Phi) is 5.65. The van der Waals surface area contributed by atoms with Gasteiger partial charge in [-0.3, -0.25) is 4.90 Å². The summed E-state index contributed by atoms with van der Waals surface area (Å²) in [5, 5.41) is 11.7. The van der Waals surface area contributed by atoms with E-state index < -0.39 is 0 Å². The normalized spacial score (nSPS) is 14.8. The predicted molar refractivity (Wildman–Crippen MR) is 98.3 cm³/mol. The predicted octanol–water partition coefficient (Wildman–Crippen LogP) is 2.95. The first-order valence-corrected chi connectivity index (χ1v) is 8.57. The highest BCUT2D eigenvalue weighted by Gasteiger charge is 2.20. The Morgan fingerprint density at radius 3 is 2.32 bits per heavy atom. The summed E-state index contributed by atoms with van der Waals surface area (Å²) in [6, 6.07) is 19.4. The Morgan fingerprint density at radius 1 is 1.00 bits per heavy atom. The lowest BCUT2D eigenvalue weighted by atomic mass is 10.1. The van der Waals surface area contributed by atoms with Gasteiger partial charge in [-0.05, 0) is 36.2 Å². The SMILES string of the molecule is N#Cc1ccc(NC(=O)N2CCN(CCc3ccccc3)CC2)cc1. The number of nitriles is 1. The fourth-order valence-electron chi connectivity index (χ4n) is 2.94. The molecule has 2 amide bonds. The molecule has 3 rings (SSSR count). The maximum atomic E-state index is 12.3. The summed E-state index contributed by atoms with van der Waals surface area (Å²) >= 11 is 0. The van der Waals surface area contributed by atoms with Crippen LogP contribution in [-0.4, -0.2) is 48.6 Å². The summed E-state index contributed by atoms with van der Waals surface area (Å²) in [5.74, 6) is 0. The van der Waals surface area contributed by atoms with E-state index in [9.17, 15) is 4.79 Å². The second kappa shape index (κ2) is 8.32. The summed E-state index contributed by atoms with van der Waals surface area (Å²) in [7, 11) is 0. The molecule has 128 valence electrons. The van der Waals surface area contributed by atoms with E-state index in [1.54, 1.807) is 24.3 Å². The Balaban J connectivity index is 1.43. The third-order valence-corrected chi connectivity index (χ3v) is 4.48. The lowest BCUT2D eigenvalue weighted by Gasteiger charge is -2.34. The Labute approximate surface area is 148 Å². The van der Waals surface area contributed by atoms with Crippen molar-refractivity contribution < 1.29 is 4.79 Å². The molecule has 0 unspecified atom stereocenters. The number of anilines is 1. The van der Waals surface area contributed by atoms with E-state index in [1.807, 2.05) is 11.0 Å². The van der Waals surface area contributed by atoms with Crippen LogP contribution in [0.5, 0.6) is 0 Å². The van der Waals surface area contributed by atoms with Gasteiger partial charge in [-0.15, -0.1) is 0 Å². The van der Waals surface area contributed by atoms with Gasteiger partial charge in [0.1, 0.15) is 0 Å². The number of hydrogen-bond acceptors (Lipinski definition) is 3. The van der Waals surface area contributed by atoms with Crippen molar-refractivity contribution >= 4 is 11.7 Å². The van der Waals surface area contributed by atoms with E-state index in [1.165, 1.54) is 5.56 Å². The van der Waals surface area contributed by atoms with Crippen molar-refractivity contribution in [1.82, 2.24) is 9.80 Å². The molecule has 1 heterocycles. The molecule has 1 aliphatic heterocycles. The minimum Gasteiger partial charge on any atom is -0.322 e. The first kappa shape index (κ1) is 17.0. The summed E-state index contributed by atoms with van der Waals surface area (Å²) in [4.78, 5) is 16.6. The van der Waals surface area contributed by atoms with Gasteiger partial charge in [0, 0.05) is 38.4 Å². The van der Waals surface area contributed by atoms with Crippen LogP contribution in [0.25, 0.3) is 0 Å². The first-order chi connectivity index (χ1) is 12.2. The molecule has 0 radical (unpaired) electrons. The molecule has 0 saturated carbocycles. The number of nitrogens with one attached hydrogen (secondary N) is 1. The molecule has 0 atom stereocenters. The van der Waals surface area contributed by atoms with Gasteiger partial charge in [0.05, 0.1) is 11.6 Å². The maximum absolute atomic E-state index is 12.3. The van der Waals surface area contributed by atoms with Gasteiger partial charge in [0.25, 0.3) is 0 Å². The molecule has 0 aromatic heterocycles. The number of hydrogen-bond donors (Lipinski definition) is 1. The standard InChI is InChI=1S/C20H22N4O/c21-16-18-6-8-19(9-7-18)22-20(25)24-14-12-23(13-15-24)11-10-17-4-2-1-3-5-17/h1-9H,10-15H2,(H,22,25). The van der Waals surface area contributed by atoms with Crippen LogP contribution in [0.3, 0.4) is 0 Å². The monoisotopic (exact) mass is 334 g/mol. The lowest BCUT2D eigenvalue weighted by Crippen LogP contribution is -2.50. The van der Waals surface area contributed by atoms with E-state index in [0.717, 1.165) is 44.8 Å². The highest BCUT2D eigenvalue weighted by atomic mass is 16.2. The molecule has 2 aromatic carbocycles. The number of urea groups is 1. The van der Waals surface area contributed by atoms with Crippen molar-refractivity contribution in [3.63, 3.8) is 0 Å². The minimum absolute atomic E-state index is 0.0765. The number of amides is 2. The third-order valence-electron chi connectivity index (χ3n) is 4.48. The minimum atomic E-state index is -0.0765. The Hall–Kier alpha value is -2.84. The summed E-state index contributed by atoms with van der Waals surface area (Å²) < 4.78 is 0. The smallest absolute Gasteiger partial charge is 0.321 e. The van der Waals surface area contributed by atoms with Gasteiger partial charge in [-0.25, -0.2) is 4.79 Å². The molecule has 1 N–H and O–H groups in total. The number of piperazine rings is 1. The number of benzene rings is 2. The second-order valence-electron chi connectivity index (χ2n) is 6.18. The number of rotatable bonds is 4. The van der Waals surface area contributed by atoms with Crippen LogP contribution in [0, 0.1) is 11.3 Å². The van der Waals surface area contributed by atoms with Crippen LogP contribution in [0.2, 0.25) is 0 Å². The molecule has 0 aliphatic carbocycles. The van der Waals surface area contributed by atoms with E-state index >= 15 is 0 Å². The van der Waals surface area contributed by atoms with Crippen LogP contribution < -0.4 is 5.32 Å². The van der Waals surface area contributed by atoms with Crippen LogP contribution in [0.15, 0.2) is 54.6 Å². The molecular weight excluding hydrogens is 312 g/mol. The zero-order valence-electron chi connectivity index (χ0n) is 14.2. The van der Waals surface area contributed by atoms with E-state index in [2.05, 4.69) is 40.6 Å². The van der Waals surface area contributed by atoms with Gasteiger partial charge in [-0.1, -0.05) is 30.3 Å². The fourth-order valence-corrected chi connectivity index (χ4v) is 2.94. The summed E-state index contributed by atoms with van der Waals surface area (Å²) in [6.07, 6.45) is 1.04. The molecule has 1 fully saturated rings. The van der Waals surface area contributed by atoms with Crippen LogP contribution in [0.1, 0.15) is 11.1 Å². The van der Waals surface area contributed by atoms with Crippen molar-refractivity contribution in [2.75, 3.05) is 38.0 Å². The average Bonchev–Trinajstić information content (AvgIpc) is 2.68. The highest BCUT2D eigenvalue weighted by molar-refractivity contribution is 5.89. The van der Waals surface area contributed by atoms with Gasteiger partial charge in [0.2, 0.25) is 0 Å². The molecule has 25 heavy (non-hydrogen) atoms. The molecule has 1 aliphatic rings. The van der Waals surface area contributed by atoms with Crippen LogP contribution in [-0.2, 0) is 6.42 Å². The van der Waals surface area contributed by atoms with Crippen molar-refractivity contribution in [3.05, 3.63) is 65.7 Å². The first-order valence-electron chi connectivity index (χ1n) is 8.57. The van der Waals surface area contributed by atoms with Crippen LogP contribution >= 0.6 is 0 Å². The van der Waals surface area contributed by atoms with Crippen molar-refractivity contribution in [3.8, 4) is 6.07 Å². The lowest BCUT2D eigenvalue weighted by molar-refractivity contribution is 0.148. The van der Waals surface area contributed by atoms with E-state index in [4.69, 9.17) is 5.26 Å². The van der Waals surface area contributed by atoms with Gasteiger partial charge in [0.15, 0.2) is 0 Å². The van der Waals surface area contributed by atoms with E-state index in [-0.39, 0.29) is 6.03 Å². The van der Waals surface area contributed by atoms with Crippen molar-refractivity contribution in [1.29, 1.82) is 5.26 Å². The van der Waals surface area contributed by atoms with Gasteiger partial charge < -0.3 is 10.2 Å². The van der Waals surface area contributed by atoms with Gasteiger partial charge >= 0.3 is 6.03 Å². The number of nitrogens with zero attached hydrogens (tertiary/aromatic N) is 3. The van der Waals surface area contributed by atoms with Gasteiger partial charge in [-0.2, -0.15) is 5.26 Å². The Bertz CT molecular complexity index is 729. The van der Waals surface area contributed by atoms with Crippen LogP contribution in [0.4, 0.5) is 10.5 Å². The van der Waals surface area contributed by atoms with Crippen molar-refractivity contribution in [2.45, 2.75) is 6.42 Å². The topological polar surface area (TPSA) is 59.4 Å². The molecular formula is C20H22N4O. The zero-order valence-corrected chi connectivity index (χ0v) is 14.2. The second-order valence-corrected chi connectivity index (χ2v) is 6.18. The fraction of sp³-hybridized carbons (Fsp3) is 0.300. The average molecular weight is 334 g/mol. The Morgan fingerprint density at radius 2 is 1.68 bits per heavy atom. The number of carbonyl (C=O) groups excluding carboxylic acids is 1. The summed E-state index contributed by atoms with van der Waals surface area (Å²) in [6.45, 7) is 4.28. The maximum Gasteiger partial charge on any atom is 0.321 e. The van der Waals surface area contributed by atoms with E-state index in [0.29, 0.717) is 5.56 Å². The largest absolute Gasteiger partial charge is 0.322 e. The summed E-state index contributed by atoms with van der Waals surface area (Å²) in [5.41, 5.74) is 2.66. The van der Waals surface area contributed by atoms with Crippen molar-refractivity contribution in [2.24, 2.45) is 0 Å². The zero-order chi connectivity index (χ0) is 17.5. The highest BCUT2D eigenvalue weighted by Crippen LogP contribution is 2.11. The molecule has 5 heteroatoms. The molecule has 5 nitrogen and oxygen atoms in total. The molecule has 1 saturated heterocycles.